The maximum atomic E-state index is 4.85. The van der Waals surface area contributed by atoms with Crippen LogP contribution < -0.4 is 10.7 Å². The molecule has 0 saturated heterocycles. The van der Waals surface area contributed by atoms with Gasteiger partial charge in [0.15, 0.2) is 5.11 Å². The number of nitrogens with one attached hydrogen (secondary N) is 3. The van der Waals surface area contributed by atoms with E-state index in [1.807, 2.05) is 13.0 Å². The summed E-state index contributed by atoms with van der Waals surface area (Å²) >= 11 is 4.85. The molecule has 0 radical (unpaired) electrons. The molecule has 0 spiro atoms. The van der Waals surface area contributed by atoms with E-state index in [0.717, 1.165) is 11.4 Å². The fourth-order valence-corrected chi connectivity index (χ4v) is 0.754. The lowest BCUT2D eigenvalue weighted by Crippen LogP contribution is -2.29. The average Bonchev–Trinajstić information content (AvgIpc) is 2.66. The smallest absolute Gasteiger partial charge is 0.186 e. The molecule has 0 amide bonds. The highest BCUT2D eigenvalue weighted by Gasteiger charge is 1.97. The topological polar surface area (TPSA) is 65.1 Å². The van der Waals surface area contributed by atoms with Crippen LogP contribution in [0.3, 0.4) is 0 Å². The summed E-state index contributed by atoms with van der Waals surface area (Å²) in [7, 11) is 1.73. The Labute approximate surface area is 81.6 Å². The molecule has 70 valence electrons. The highest BCUT2D eigenvalue weighted by Crippen LogP contribution is 1.93. The molecule has 3 N–H and O–H groups in total. The van der Waals surface area contributed by atoms with Gasteiger partial charge >= 0.3 is 0 Å². The van der Waals surface area contributed by atoms with Crippen LogP contribution in [0.2, 0.25) is 0 Å². The SMILES string of the molecule is CNC(=S)N/N=C(/C)c1ccn[nH]1. The molecule has 1 aromatic heterocycles. The number of aromatic nitrogens is 2. The summed E-state index contributed by atoms with van der Waals surface area (Å²) in [6.07, 6.45) is 1.67. The molecule has 1 rings (SSSR count). The normalized spacial score (nSPS) is 11.1. The Bertz CT molecular complexity index is 303. The van der Waals surface area contributed by atoms with Crippen molar-refractivity contribution in [3.63, 3.8) is 0 Å². The maximum absolute atomic E-state index is 4.85. The van der Waals surface area contributed by atoms with Gasteiger partial charge in [0.2, 0.25) is 0 Å². The van der Waals surface area contributed by atoms with Gasteiger partial charge in [0.05, 0.1) is 11.4 Å². The van der Waals surface area contributed by atoms with E-state index in [9.17, 15) is 0 Å². The van der Waals surface area contributed by atoms with Gasteiger partial charge in [0.25, 0.3) is 0 Å². The molecule has 1 heterocycles. The third kappa shape index (κ3) is 2.83. The first-order valence-corrected chi connectivity index (χ1v) is 4.16. The molecule has 0 bridgehead atoms. The summed E-state index contributed by atoms with van der Waals surface area (Å²) in [6.45, 7) is 1.86. The van der Waals surface area contributed by atoms with Gasteiger partial charge in [-0.3, -0.25) is 10.5 Å². The number of H-pyrrole nitrogens is 1. The van der Waals surface area contributed by atoms with Crippen molar-refractivity contribution in [2.45, 2.75) is 6.92 Å². The van der Waals surface area contributed by atoms with E-state index in [0.29, 0.717) is 5.11 Å². The van der Waals surface area contributed by atoms with E-state index in [2.05, 4.69) is 26.0 Å². The summed E-state index contributed by atoms with van der Waals surface area (Å²) in [6, 6.07) is 1.84. The van der Waals surface area contributed by atoms with E-state index in [-0.39, 0.29) is 0 Å². The summed E-state index contributed by atoms with van der Waals surface area (Å²) in [5.74, 6) is 0. The Morgan fingerprint density at radius 2 is 2.46 bits per heavy atom. The van der Waals surface area contributed by atoms with Gasteiger partial charge in [0.1, 0.15) is 0 Å². The van der Waals surface area contributed by atoms with Crippen molar-refractivity contribution in [2.24, 2.45) is 5.10 Å². The second kappa shape index (κ2) is 4.56. The second-order valence-electron chi connectivity index (χ2n) is 2.36. The van der Waals surface area contributed by atoms with Crippen LogP contribution in [0.1, 0.15) is 12.6 Å². The minimum atomic E-state index is 0.485. The first-order valence-electron chi connectivity index (χ1n) is 3.76. The lowest BCUT2D eigenvalue weighted by molar-refractivity contribution is 0.968. The number of thiocarbonyl (C=S) groups is 1. The number of rotatable bonds is 2. The van der Waals surface area contributed by atoms with Crippen molar-refractivity contribution in [2.75, 3.05) is 7.05 Å². The van der Waals surface area contributed by atoms with Crippen molar-refractivity contribution in [3.8, 4) is 0 Å². The van der Waals surface area contributed by atoms with Gasteiger partial charge in [-0.2, -0.15) is 10.2 Å². The Kier molecular flexibility index (Phi) is 3.39. The van der Waals surface area contributed by atoms with Gasteiger partial charge in [-0.05, 0) is 25.2 Å². The maximum Gasteiger partial charge on any atom is 0.186 e. The quantitative estimate of drug-likeness (QED) is 0.361. The molecule has 6 heteroatoms. The van der Waals surface area contributed by atoms with Crippen LogP contribution in [0, 0.1) is 0 Å². The van der Waals surface area contributed by atoms with Gasteiger partial charge < -0.3 is 5.32 Å². The average molecular weight is 197 g/mol. The van der Waals surface area contributed by atoms with Crippen molar-refractivity contribution >= 4 is 23.0 Å². The summed E-state index contributed by atoms with van der Waals surface area (Å²) in [4.78, 5) is 0. The number of hydrogen-bond donors (Lipinski definition) is 3. The molecule has 0 unspecified atom stereocenters. The molecule has 13 heavy (non-hydrogen) atoms. The molecule has 0 aliphatic carbocycles. The molecular weight excluding hydrogens is 186 g/mol. The zero-order chi connectivity index (χ0) is 9.68. The van der Waals surface area contributed by atoms with Gasteiger partial charge in [-0.1, -0.05) is 0 Å². The summed E-state index contributed by atoms with van der Waals surface area (Å²) < 4.78 is 0. The van der Waals surface area contributed by atoms with Crippen LogP contribution in [0.4, 0.5) is 0 Å². The minimum Gasteiger partial charge on any atom is -0.364 e. The highest BCUT2D eigenvalue weighted by atomic mass is 32.1. The molecule has 5 nitrogen and oxygen atoms in total. The third-order valence-electron chi connectivity index (χ3n) is 1.44. The number of hydrazone groups is 1. The van der Waals surface area contributed by atoms with Crippen molar-refractivity contribution < 1.29 is 0 Å². The molecule has 0 aliphatic heterocycles. The number of nitrogens with zero attached hydrogens (tertiary/aromatic N) is 2. The van der Waals surface area contributed by atoms with Crippen molar-refractivity contribution in [1.82, 2.24) is 20.9 Å². The Balaban J connectivity index is 2.57. The molecule has 0 fully saturated rings. The van der Waals surface area contributed by atoms with Crippen molar-refractivity contribution in [1.29, 1.82) is 0 Å². The van der Waals surface area contributed by atoms with Gasteiger partial charge in [-0.25, -0.2) is 0 Å². The minimum absolute atomic E-state index is 0.485. The van der Waals surface area contributed by atoms with E-state index in [1.165, 1.54) is 0 Å². The van der Waals surface area contributed by atoms with E-state index in [1.54, 1.807) is 13.2 Å². The largest absolute Gasteiger partial charge is 0.364 e. The highest BCUT2D eigenvalue weighted by molar-refractivity contribution is 7.80. The standard InChI is InChI=1S/C7H11N5S/c1-5(6-3-4-9-11-6)10-12-7(13)8-2/h3-4H,1-2H3,(H,9,11)(H2,8,12,13)/b10-5-. The molecule has 0 saturated carbocycles. The van der Waals surface area contributed by atoms with Crippen LogP contribution in [0.25, 0.3) is 0 Å². The molecule has 0 aliphatic rings. The zero-order valence-corrected chi connectivity index (χ0v) is 8.27. The van der Waals surface area contributed by atoms with Crippen LogP contribution in [0.5, 0.6) is 0 Å². The fraction of sp³-hybridized carbons (Fsp3) is 0.286. The van der Waals surface area contributed by atoms with E-state index < -0.39 is 0 Å². The molecule has 1 aromatic rings. The predicted octanol–water partition coefficient (Wildman–Crippen LogP) is 0.228. The zero-order valence-electron chi connectivity index (χ0n) is 7.46. The van der Waals surface area contributed by atoms with Gasteiger partial charge in [-0.15, -0.1) is 0 Å². The molecule has 0 aromatic carbocycles. The van der Waals surface area contributed by atoms with E-state index >= 15 is 0 Å². The summed E-state index contributed by atoms with van der Waals surface area (Å²) in [5.41, 5.74) is 4.35. The summed E-state index contributed by atoms with van der Waals surface area (Å²) in [5, 5.41) is 13.9. The van der Waals surface area contributed by atoms with Crippen LogP contribution >= 0.6 is 12.2 Å². The Morgan fingerprint density at radius 3 is 3.00 bits per heavy atom. The first-order chi connectivity index (χ1) is 6.24. The molecule has 0 atom stereocenters. The van der Waals surface area contributed by atoms with Gasteiger partial charge in [0, 0.05) is 13.2 Å². The predicted molar refractivity (Wildman–Crippen MR) is 55.6 cm³/mol. The number of hydrogen-bond acceptors (Lipinski definition) is 3. The van der Waals surface area contributed by atoms with Crippen molar-refractivity contribution in [3.05, 3.63) is 18.0 Å². The monoisotopic (exact) mass is 197 g/mol. The Morgan fingerprint density at radius 1 is 1.69 bits per heavy atom. The van der Waals surface area contributed by atoms with Crippen LogP contribution in [-0.4, -0.2) is 28.1 Å². The Hall–Kier alpha value is -1.43. The van der Waals surface area contributed by atoms with E-state index in [4.69, 9.17) is 12.2 Å². The third-order valence-corrected chi connectivity index (χ3v) is 1.74. The second-order valence-corrected chi connectivity index (χ2v) is 2.77. The fourth-order valence-electron chi connectivity index (χ4n) is 0.708. The van der Waals surface area contributed by atoms with Crippen LogP contribution in [-0.2, 0) is 0 Å². The first kappa shape index (κ1) is 9.66. The lowest BCUT2D eigenvalue weighted by atomic mass is 10.3. The molecular formula is C7H11N5S. The lowest BCUT2D eigenvalue weighted by Gasteiger charge is -2.01. The number of aromatic amines is 1. The van der Waals surface area contributed by atoms with Crippen LogP contribution in [0.15, 0.2) is 17.4 Å².